The van der Waals surface area contributed by atoms with Gasteiger partial charge in [-0.15, -0.1) is 6.58 Å². The molecule has 1 aliphatic carbocycles. The van der Waals surface area contributed by atoms with Gasteiger partial charge >= 0.3 is 0 Å². The molecule has 0 saturated heterocycles. The van der Waals surface area contributed by atoms with Crippen molar-refractivity contribution in [2.45, 2.75) is 45.4 Å². The van der Waals surface area contributed by atoms with E-state index in [1.54, 1.807) is 0 Å². The van der Waals surface area contributed by atoms with Crippen molar-refractivity contribution in [1.82, 2.24) is 0 Å². The summed E-state index contributed by atoms with van der Waals surface area (Å²) in [6, 6.07) is 0. The van der Waals surface area contributed by atoms with E-state index in [0.29, 0.717) is 11.8 Å². The summed E-state index contributed by atoms with van der Waals surface area (Å²) in [6.07, 6.45) is 10.4. The van der Waals surface area contributed by atoms with E-state index in [-0.39, 0.29) is 0 Å². The Labute approximate surface area is 87.6 Å². The van der Waals surface area contributed by atoms with Crippen molar-refractivity contribution in [2.24, 2.45) is 17.8 Å². The molecule has 0 amide bonds. The zero-order chi connectivity index (χ0) is 10.4. The monoisotopic (exact) mass is 194 g/mol. The van der Waals surface area contributed by atoms with Gasteiger partial charge in [0.15, 0.2) is 0 Å². The van der Waals surface area contributed by atoms with Crippen LogP contribution in [0.2, 0.25) is 0 Å². The lowest BCUT2D eigenvalue weighted by Crippen LogP contribution is -2.22. The maximum atomic E-state index is 10.8. The molecule has 1 heteroatoms. The summed E-state index contributed by atoms with van der Waals surface area (Å²) in [5, 5.41) is 0. The molecule has 1 aliphatic rings. The standard InChI is InChI=1S/C13H22O/c1-3-5-11-6-8-13(9-7-11)12(4-2)10-14/h3,10-13H,1,4-9H2,2H3. The number of rotatable bonds is 5. The van der Waals surface area contributed by atoms with Crippen molar-refractivity contribution in [2.75, 3.05) is 0 Å². The van der Waals surface area contributed by atoms with E-state index in [2.05, 4.69) is 13.5 Å². The van der Waals surface area contributed by atoms with Gasteiger partial charge in [-0.05, 0) is 50.4 Å². The number of allylic oxidation sites excluding steroid dienone is 1. The smallest absolute Gasteiger partial charge is 0.123 e. The van der Waals surface area contributed by atoms with Crippen molar-refractivity contribution < 1.29 is 4.79 Å². The summed E-state index contributed by atoms with van der Waals surface area (Å²) < 4.78 is 0. The molecule has 0 radical (unpaired) electrons. The maximum Gasteiger partial charge on any atom is 0.123 e. The lowest BCUT2D eigenvalue weighted by molar-refractivity contribution is -0.113. The van der Waals surface area contributed by atoms with E-state index in [4.69, 9.17) is 0 Å². The third-order valence-electron chi connectivity index (χ3n) is 3.64. The first-order chi connectivity index (χ1) is 6.81. The average Bonchev–Trinajstić information content (AvgIpc) is 2.23. The summed E-state index contributed by atoms with van der Waals surface area (Å²) in [4.78, 5) is 10.8. The highest BCUT2D eigenvalue weighted by Gasteiger charge is 2.25. The van der Waals surface area contributed by atoms with Crippen molar-refractivity contribution in [3.8, 4) is 0 Å². The van der Waals surface area contributed by atoms with E-state index in [1.807, 2.05) is 6.08 Å². The second kappa shape index (κ2) is 6.00. The summed E-state index contributed by atoms with van der Waals surface area (Å²) in [6.45, 7) is 5.91. The highest BCUT2D eigenvalue weighted by Crippen LogP contribution is 2.35. The van der Waals surface area contributed by atoms with E-state index >= 15 is 0 Å². The molecule has 1 unspecified atom stereocenters. The Hall–Kier alpha value is -0.590. The van der Waals surface area contributed by atoms with Crippen molar-refractivity contribution in [3.63, 3.8) is 0 Å². The van der Waals surface area contributed by atoms with Gasteiger partial charge in [0, 0.05) is 5.92 Å². The first-order valence-electron chi connectivity index (χ1n) is 5.88. The van der Waals surface area contributed by atoms with Gasteiger partial charge in [-0.3, -0.25) is 0 Å². The van der Waals surface area contributed by atoms with Crippen LogP contribution < -0.4 is 0 Å². The number of hydrogen-bond acceptors (Lipinski definition) is 1. The second-order valence-electron chi connectivity index (χ2n) is 4.51. The van der Waals surface area contributed by atoms with Crippen LogP contribution in [0.1, 0.15) is 45.4 Å². The molecule has 0 heterocycles. The molecule has 0 N–H and O–H groups in total. The zero-order valence-electron chi connectivity index (χ0n) is 9.24. The predicted octanol–water partition coefficient (Wildman–Crippen LogP) is 3.59. The number of carbonyl (C=O) groups is 1. The van der Waals surface area contributed by atoms with Gasteiger partial charge in [-0.1, -0.05) is 13.0 Å². The number of carbonyl (C=O) groups excluding carboxylic acids is 1. The molecular weight excluding hydrogens is 172 g/mol. The Morgan fingerprint density at radius 3 is 2.43 bits per heavy atom. The van der Waals surface area contributed by atoms with Gasteiger partial charge < -0.3 is 4.79 Å². The molecule has 14 heavy (non-hydrogen) atoms. The van der Waals surface area contributed by atoms with Gasteiger partial charge in [0.2, 0.25) is 0 Å². The van der Waals surface area contributed by atoms with Gasteiger partial charge in [0.25, 0.3) is 0 Å². The molecule has 0 aliphatic heterocycles. The Morgan fingerprint density at radius 1 is 1.36 bits per heavy atom. The van der Waals surface area contributed by atoms with Gasteiger partial charge in [-0.25, -0.2) is 0 Å². The SMILES string of the molecule is C=CCC1CCC(C(C=O)CC)CC1. The minimum absolute atomic E-state index is 0.319. The normalized spacial score (nSPS) is 29.5. The molecule has 1 saturated carbocycles. The molecule has 1 fully saturated rings. The quantitative estimate of drug-likeness (QED) is 0.483. The number of hydrogen-bond donors (Lipinski definition) is 0. The summed E-state index contributed by atoms with van der Waals surface area (Å²) in [5.74, 6) is 1.83. The zero-order valence-corrected chi connectivity index (χ0v) is 9.24. The molecule has 80 valence electrons. The van der Waals surface area contributed by atoms with Crippen LogP contribution in [0.25, 0.3) is 0 Å². The largest absolute Gasteiger partial charge is 0.303 e. The molecule has 0 spiro atoms. The Balaban J connectivity index is 2.34. The third-order valence-corrected chi connectivity index (χ3v) is 3.64. The Kier molecular flexibility index (Phi) is 4.92. The molecule has 0 aromatic heterocycles. The lowest BCUT2D eigenvalue weighted by Gasteiger charge is -2.30. The molecule has 0 aromatic carbocycles. The summed E-state index contributed by atoms with van der Waals surface area (Å²) >= 11 is 0. The highest BCUT2D eigenvalue weighted by molar-refractivity contribution is 5.53. The third kappa shape index (κ3) is 2.97. The minimum atomic E-state index is 0.319. The van der Waals surface area contributed by atoms with Crippen molar-refractivity contribution in [1.29, 1.82) is 0 Å². The lowest BCUT2D eigenvalue weighted by atomic mass is 9.74. The van der Waals surface area contributed by atoms with Crippen LogP contribution in [-0.4, -0.2) is 6.29 Å². The van der Waals surface area contributed by atoms with E-state index < -0.39 is 0 Å². The molecule has 1 rings (SSSR count). The fraction of sp³-hybridized carbons (Fsp3) is 0.769. The van der Waals surface area contributed by atoms with Gasteiger partial charge in [-0.2, -0.15) is 0 Å². The topological polar surface area (TPSA) is 17.1 Å². The molecular formula is C13H22O. The molecule has 1 atom stereocenters. The number of aldehydes is 1. The van der Waals surface area contributed by atoms with Crippen LogP contribution in [0.3, 0.4) is 0 Å². The summed E-state index contributed by atoms with van der Waals surface area (Å²) in [5.41, 5.74) is 0. The van der Waals surface area contributed by atoms with Crippen molar-refractivity contribution in [3.05, 3.63) is 12.7 Å². The van der Waals surface area contributed by atoms with E-state index in [0.717, 1.165) is 18.8 Å². The molecule has 0 bridgehead atoms. The molecule has 0 aromatic rings. The highest BCUT2D eigenvalue weighted by atomic mass is 16.1. The van der Waals surface area contributed by atoms with Crippen LogP contribution in [0, 0.1) is 17.8 Å². The van der Waals surface area contributed by atoms with Crippen LogP contribution >= 0.6 is 0 Å². The van der Waals surface area contributed by atoms with Crippen molar-refractivity contribution >= 4 is 6.29 Å². The van der Waals surface area contributed by atoms with Crippen LogP contribution in [0.5, 0.6) is 0 Å². The maximum absolute atomic E-state index is 10.8. The van der Waals surface area contributed by atoms with E-state index in [1.165, 1.54) is 32.0 Å². The van der Waals surface area contributed by atoms with Crippen LogP contribution in [0.15, 0.2) is 12.7 Å². The first kappa shape index (κ1) is 11.5. The Morgan fingerprint density at radius 2 is 2.00 bits per heavy atom. The minimum Gasteiger partial charge on any atom is -0.303 e. The van der Waals surface area contributed by atoms with E-state index in [9.17, 15) is 4.79 Å². The summed E-state index contributed by atoms with van der Waals surface area (Å²) in [7, 11) is 0. The van der Waals surface area contributed by atoms with Gasteiger partial charge in [0.05, 0.1) is 0 Å². The fourth-order valence-corrected chi connectivity index (χ4v) is 2.63. The van der Waals surface area contributed by atoms with Crippen LogP contribution in [-0.2, 0) is 4.79 Å². The molecule has 1 nitrogen and oxygen atoms in total. The predicted molar refractivity (Wildman–Crippen MR) is 60.1 cm³/mol. The average molecular weight is 194 g/mol. The van der Waals surface area contributed by atoms with Gasteiger partial charge in [0.1, 0.15) is 6.29 Å². The second-order valence-corrected chi connectivity index (χ2v) is 4.51. The van der Waals surface area contributed by atoms with Crippen LogP contribution in [0.4, 0.5) is 0 Å². The Bertz CT molecular complexity index is 178. The first-order valence-corrected chi connectivity index (χ1v) is 5.88. The fourth-order valence-electron chi connectivity index (χ4n) is 2.63.